The van der Waals surface area contributed by atoms with Crippen LogP contribution < -0.4 is 4.90 Å². The summed E-state index contributed by atoms with van der Waals surface area (Å²) >= 11 is 1.89. The molecule has 0 radical (unpaired) electrons. The lowest BCUT2D eigenvalue weighted by Gasteiger charge is -2.31. The number of nitrogens with zero attached hydrogens (tertiary/aromatic N) is 1. The second-order valence-electron chi connectivity index (χ2n) is 13.3. The molecule has 0 spiro atoms. The van der Waals surface area contributed by atoms with E-state index in [9.17, 15) is 0 Å². The highest BCUT2D eigenvalue weighted by atomic mass is 32.1. The molecule has 0 aliphatic heterocycles. The molecule has 2 heteroatoms. The first-order valence-corrected chi connectivity index (χ1v) is 17.4. The molecule has 0 bridgehead atoms. The van der Waals surface area contributed by atoms with Crippen molar-refractivity contribution in [3.63, 3.8) is 0 Å². The van der Waals surface area contributed by atoms with Crippen molar-refractivity contribution in [1.29, 1.82) is 0 Å². The Bertz CT molecular complexity index is 2350. The normalized spacial score (nSPS) is 16.2. The van der Waals surface area contributed by atoms with E-state index in [4.69, 9.17) is 0 Å². The van der Waals surface area contributed by atoms with Crippen LogP contribution in [0.25, 0.3) is 42.4 Å². The summed E-state index contributed by atoms with van der Waals surface area (Å²) in [4.78, 5) is 2.48. The van der Waals surface area contributed by atoms with Gasteiger partial charge in [0, 0.05) is 48.5 Å². The van der Waals surface area contributed by atoms with E-state index < -0.39 is 0 Å². The minimum atomic E-state index is -0.0599. The lowest BCUT2D eigenvalue weighted by molar-refractivity contribution is 0.660. The molecule has 1 nitrogen and oxygen atoms in total. The number of allylic oxidation sites excluding steroid dienone is 3. The maximum absolute atomic E-state index is 2.48. The predicted octanol–water partition coefficient (Wildman–Crippen LogP) is 12.8. The van der Waals surface area contributed by atoms with Gasteiger partial charge in [0.15, 0.2) is 0 Å². The van der Waals surface area contributed by atoms with Crippen LogP contribution in [-0.2, 0) is 5.41 Å². The van der Waals surface area contributed by atoms with Crippen LogP contribution in [0.4, 0.5) is 11.4 Å². The molecule has 0 N–H and O–H groups in total. The Morgan fingerprint density at radius 1 is 0.638 bits per heavy atom. The topological polar surface area (TPSA) is 3.24 Å². The average molecular weight is 622 g/mol. The number of fused-ring (bicyclic) bond motifs is 6. The standard InChI is InChI=1S/C45H35NS/c1-45(2)39-18-8-6-15-38(39)43-40(45)19-11-20-41(43)46(33-26-22-31(23-27-33)30-12-4-3-5-13-30)34-28-24-32(25-29-34)35-16-10-17-37-36-14-7-9-21-42(36)47-44(35)37/h3-22,24-29,31H,23H2,1-2H3. The number of benzene rings is 6. The van der Waals surface area contributed by atoms with Gasteiger partial charge in [0.25, 0.3) is 0 Å². The molecule has 1 atom stereocenters. The minimum Gasteiger partial charge on any atom is -0.310 e. The van der Waals surface area contributed by atoms with E-state index in [1.807, 2.05) is 11.3 Å². The zero-order valence-corrected chi connectivity index (χ0v) is 27.5. The van der Waals surface area contributed by atoms with Gasteiger partial charge in [0.2, 0.25) is 0 Å². The molecule has 6 aromatic carbocycles. The number of hydrogen-bond acceptors (Lipinski definition) is 2. The maximum Gasteiger partial charge on any atom is 0.0543 e. The van der Waals surface area contributed by atoms with E-state index in [2.05, 4.69) is 177 Å². The van der Waals surface area contributed by atoms with Gasteiger partial charge in [-0.15, -0.1) is 11.3 Å². The van der Waals surface area contributed by atoms with Gasteiger partial charge in [0.1, 0.15) is 0 Å². The molecule has 0 amide bonds. The van der Waals surface area contributed by atoms with E-state index >= 15 is 0 Å². The number of rotatable bonds is 5. The molecule has 0 saturated heterocycles. The molecule has 0 saturated carbocycles. The summed E-state index contributed by atoms with van der Waals surface area (Å²) in [6, 6.07) is 51.4. The third kappa shape index (κ3) is 4.51. The second kappa shape index (κ2) is 11.0. The molecular weight excluding hydrogens is 587 g/mol. The monoisotopic (exact) mass is 621 g/mol. The fourth-order valence-corrected chi connectivity index (χ4v) is 9.07. The van der Waals surface area contributed by atoms with Gasteiger partial charge < -0.3 is 4.90 Å². The van der Waals surface area contributed by atoms with Crippen molar-refractivity contribution in [2.75, 3.05) is 4.90 Å². The minimum absolute atomic E-state index is 0.0599. The molecule has 1 unspecified atom stereocenters. The van der Waals surface area contributed by atoms with Gasteiger partial charge in [-0.3, -0.25) is 0 Å². The highest BCUT2D eigenvalue weighted by molar-refractivity contribution is 7.26. The zero-order valence-electron chi connectivity index (χ0n) is 26.7. The summed E-state index contributed by atoms with van der Waals surface area (Å²) in [6.07, 6.45) is 8.11. The van der Waals surface area contributed by atoms with Crippen LogP contribution in [0.1, 0.15) is 42.9 Å². The quantitative estimate of drug-likeness (QED) is 0.185. The Kier molecular flexibility index (Phi) is 6.55. The number of hydrogen-bond donors (Lipinski definition) is 0. The lowest BCUT2D eigenvalue weighted by atomic mass is 9.82. The molecule has 226 valence electrons. The second-order valence-corrected chi connectivity index (χ2v) is 14.3. The van der Waals surface area contributed by atoms with E-state index in [-0.39, 0.29) is 5.41 Å². The first-order valence-electron chi connectivity index (χ1n) is 16.6. The zero-order chi connectivity index (χ0) is 31.5. The number of thiophene rings is 1. The molecule has 1 aromatic heterocycles. The third-order valence-corrected chi connectivity index (χ3v) is 11.5. The lowest BCUT2D eigenvalue weighted by Crippen LogP contribution is -2.19. The molecule has 0 fully saturated rings. The first-order chi connectivity index (χ1) is 23.1. The van der Waals surface area contributed by atoms with Gasteiger partial charge >= 0.3 is 0 Å². The molecule has 1 heterocycles. The Labute approximate surface area is 280 Å². The summed E-state index contributed by atoms with van der Waals surface area (Å²) in [5.74, 6) is 0.382. The summed E-state index contributed by atoms with van der Waals surface area (Å²) in [7, 11) is 0. The maximum atomic E-state index is 2.48. The van der Waals surface area contributed by atoms with Crippen molar-refractivity contribution >= 4 is 42.9 Å². The SMILES string of the molecule is CC1(C)c2ccccc2-c2c(N(C3=CCC(c4ccccc4)C=C3)c3ccc(-c4cccc5c4sc4ccccc45)cc3)cccc21. The molecule has 7 aromatic rings. The Morgan fingerprint density at radius 3 is 2.17 bits per heavy atom. The smallest absolute Gasteiger partial charge is 0.0543 e. The van der Waals surface area contributed by atoms with E-state index in [1.165, 1.54) is 76.2 Å². The highest BCUT2D eigenvalue weighted by Crippen LogP contribution is 2.54. The van der Waals surface area contributed by atoms with Crippen LogP contribution in [0, 0.1) is 0 Å². The number of anilines is 2. The molecule has 9 rings (SSSR count). The Morgan fingerprint density at radius 2 is 1.34 bits per heavy atom. The predicted molar refractivity (Wildman–Crippen MR) is 202 cm³/mol. The van der Waals surface area contributed by atoms with E-state index in [0.717, 1.165) is 6.42 Å². The van der Waals surface area contributed by atoms with Crippen LogP contribution in [-0.4, -0.2) is 0 Å². The largest absolute Gasteiger partial charge is 0.310 e. The summed E-state index contributed by atoms with van der Waals surface area (Å²) in [6.45, 7) is 4.72. The van der Waals surface area contributed by atoms with Crippen LogP contribution in [0.2, 0.25) is 0 Å². The first kappa shape index (κ1) is 28.1. The fourth-order valence-electron chi connectivity index (χ4n) is 7.84. The van der Waals surface area contributed by atoms with Gasteiger partial charge in [-0.1, -0.05) is 141 Å². The van der Waals surface area contributed by atoms with Gasteiger partial charge in [-0.25, -0.2) is 0 Å². The van der Waals surface area contributed by atoms with Crippen LogP contribution in [0.5, 0.6) is 0 Å². The van der Waals surface area contributed by atoms with E-state index in [0.29, 0.717) is 5.92 Å². The van der Waals surface area contributed by atoms with Crippen LogP contribution in [0.15, 0.2) is 163 Å². The highest BCUT2D eigenvalue weighted by Gasteiger charge is 2.37. The van der Waals surface area contributed by atoms with Crippen molar-refractivity contribution in [3.8, 4) is 22.3 Å². The summed E-state index contributed by atoms with van der Waals surface area (Å²) in [5.41, 5.74) is 12.9. The van der Waals surface area contributed by atoms with E-state index in [1.54, 1.807) is 0 Å². The Hall–Kier alpha value is -5.18. The van der Waals surface area contributed by atoms with Gasteiger partial charge in [-0.2, -0.15) is 0 Å². The molecular formula is C45H35NS. The molecule has 2 aliphatic carbocycles. The van der Waals surface area contributed by atoms with Gasteiger partial charge in [-0.05, 0) is 70.1 Å². The van der Waals surface area contributed by atoms with Crippen molar-refractivity contribution in [1.82, 2.24) is 0 Å². The van der Waals surface area contributed by atoms with Crippen LogP contribution in [0.3, 0.4) is 0 Å². The molecule has 2 aliphatic rings. The van der Waals surface area contributed by atoms with Crippen molar-refractivity contribution in [3.05, 3.63) is 180 Å². The third-order valence-electron chi connectivity index (χ3n) is 10.2. The Balaban J connectivity index is 1.18. The van der Waals surface area contributed by atoms with Crippen molar-refractivity contribution in [2.45, 2.75) is 31.6 Å². The average Bonchev–Trinajstić information content (AvgIpc) is 3.62. The van der Waals surface area contributed by atoms with Crippen molar-refractivity contribution in [2.24, 2.45) is 0 Å². The fraction of sp³-hybridized carbons (Fsp3) is 0.111. The van der Waals surface area contributed by atoms with Crippen LogP contribution >= 0.6 is 11.3 Å². The summed E-state index contributed by atoms with van der Waals surface area (Å²) < 4.78 is 2.69. The summed E-state index contributed by atoms with van der Waals surface area (Å²) in [5, 5.41) is 2.67. The molecule has 47 heavy (non-hydrogen) atoms. The van der Waals surface area contributed by atoms with Crippen molar-refractivity contribution < 1.29 is 0 Å². The van der Waals surface area contributed by atoms with Gasteiger partial charge in [0.05, 0.1) is 5.69 Å².